The summed E-state index contributed by atoms with van der Waals surface area (Å²) < 4.78 is 31.7. The van der Waals surface area contributed by atoms with E-state index < -0.39 is 139 Å². The molecule has 31 nitrogen and oxygen atoms in total. The van der Waals surface area contributed by atoms with Gasteiger partial charge in [-0.2, -0.15) is 13.2 Å². The number of carbonyl (C=O) groups excluding carboxylic acids is 9. The maximum atomic E-state index is 13.9. The molecule has 1 heterocycles. The number of aliphatic hydroxyl groups excluding tert-OH is 1. The lowest BCUT2D eigenvalue weighted by molar-refractivity contribution is -0.192. The van der Waals surface area contributed by atoms with E-state index in [1.807, 2.05) is 0 Å². The Morgan fingerprint density at radius 3 is 1.53 bits per heavy atom. The fourth-order valence-corrected chi connectivity index (χ4v) is 8.03. The number of alkyl halides is 3. The molecule has 0 aliphatic carbocycles. The number of guanidine groups is 2. The van der Waals surface area contributed by atoms with Crippen molar-refractivity contribution in [2.75, 3.05) is 44.2 Å². The highest BCUT2D eigenvalue weighted by atomic mass is 33.1. The number of halogens is 3. The summed E-state index contributed by atoms with van der Waals surface area (Å²) in [6.07, 6.45) is -7.04. The third-order valence-electron chi connectivity index (χ3n) is 9.48. The number of nitrogens with two attached hydrogens (primary N) is 7. The number of hydrogen-bond acceptors (Lipinski definition) is 18. The van der Waals surface area contributed by atoms with Gasteiger partial charge < -0.3 is 98.0 Å². The van der Waals surface area contributed by atoms with Crippen LogP contribution in [0.25, 0.3) is 0 Å². The van der Waals surface area contributed by atoms with E-state index in [-0.39, 0.29) is 81.6 Å². The minimum absolute atomic E-state index is 0.0000806. The molecule has 0 bridgehead atoms. The molecule has 1 aliphatic heterocycles. The molecule has 420 valence electrons. The van der Waals surface area contributed by atoms with Crippen LogP contribution >= 0.6 is 21.6 Å². The van der Waals surface area contributed by atoms with Crippen LogP contribution in [0.1, 0.15) is 58.3 Å². The van der Waals surface area contributed by atoms with Crippen LogP contribution in [0.3, 0.4) is 0 Å². The van der Waals surface area contributed by atoms with Crippen LogP contribution < -0.4 is 82.7 Å². The molecule has 8 atom stereocenters. The molecule has 25 N–H and O–H groups in total. The Morgan fingerprint density at radius 2 is 1.07 bits per heavy atom. The number of hydrogen-bond donors (Lipinski definition) is 18. The summed E-state index contributed by atoms with van der Waals surface area (Å²) in [4.78, 5) is 148. The van der Waals surface area contributed by atoms with Crippen molar-refractivity contribution in [2.45, 2.75) is 113 Å². The maximum absolute atomic E-state index is 13.9. The first-order valence-corrected chi connectivity index (χ1v) is 24.6. The van der Waals surface area contributed by atoms with Crippen molar-refractivity contribution in [3.05, 3.63) is 0 Å². The van der Waals surface area contributed by atoms with Gasteiger partial charge >= 0.3 is 18.1 Å². The quantitative estimate of drug-likeness (QED) is 0.0295. The van der Waals surface area contributed by atoms with E-state index in [0.717, 1.165) is 28.5 Å². The molecule has 0 saturated carbocycles. The largest absolute Gasteiger partial charge is 0.490 e. The van der Waals surface area contributed by atoms with Gasteiger partial charge in [-0.05, 0) is 58.4 Å². The average molecular weight is 1110 g/mol. The summed E-state index contributed by atoms with van der Waals surface area (Å²) in [6, 6.07) is -10.5. The number of amides is 9. The second-order valence-electron chi connectivity index (χ2n) is 15.8. The monoisotopic (exact) mass is 1110 g/mol. The molecule has 9 amide bonds. The molecule has 2 unspecified atom stereocenters. The fraction of sp³-hybridized carbons (Fsp3) is 0.658. The highest BCUT2D eigenvalue weighted by Gasteiger charge is 2.38. The van der Waals surface area contributed by atoms with Crippen molar-refractivity contribution in [3.8, 4) is 0 Å². The van der Waals surface area contributed by atoms with Gasteiger partial charge in [-0.3, -0.25) is 53.1 Å². The molecule has 0 spiro atoms. The number of aliphatic hydroxyl groups is 1. The molecular weight excluding hydrogens is 1040 g/mol. The number of nitrogens with zero attached hydrogens (tertiary/aromatic N) is 2. The van der Waals surface area contributed by atoms with E-state index in [0.29, 0.717) is 6.42 Å². The molecule has 1 aliphatic rings. The Balaban J connectivity index is 0.00000705. The number of aliphatic carboxylic acids is 2. The number of carboxylic acids is 2. The number of primary amides is 1. The van der Waals surface area contributed by atoms with Gasteiger partial charge in [-0.25, -0.2) is 9.59 Å². The molecule has 74 heavy (non-hydrogen) atoms. The second kappa shape index (κ2) is 35.3. The van der Waals surface area contributed by atoms with Crippen molar-refractivity contribution >= 4 is 98.6 Å². The number of nitrogens with one attached hydrogen (secondary N) is 8. The normalized spacial score (nSPS) is 23.1. The zero-order chi connectivity index (χ0) is 56.7. The third kappa shape index (κ3) is 29.6. The van der Waals surface area contributed by atoms with Gasteiger partial charge in [0.05, 0.1) is 31.7 Å². The molecule has 1 saturated heterocycles. The van der Waals surface area contributed by atoms with E-state index in [9.17, 15) is 71.3 Å². The van der Waals surface area contributed by atoms with Crippen LogP contribution in [0.4, 0.5) is 13.2 Å². The van der Waals surface area contributed by atoms with Gasteiger partial charge in [0.2, 0.25) is 53.2 Å². The zero-order valence-corrected chi connectivity index (χ0v) is 41.6. The van der Waals surface area contributed by atoms with Gasteiger partial charge in [0.25, 0.3) is 0 Å². The van der Waals surface area contributed by atoms with Crippen LogP contribution in [0.5, 0.6) is 0 Å². The summed E-state index contributed by atoms with van der Waals surface area (Å²) in [5.41, 5.74) is 38.6. The van der Waals surface area contributed by atoms with Crippen molar-refractivity contribution in [2.24, 2.45) is 50.1 Å². The van der Waals surface area contributed by atoms with Gasteiger partial charge in [-0.15, -0.1) is 0 Å². The van der Waals surface area contributed by atoms with E-state index in [1.165, 1.54) is 0 Å². The fourth-order valence-electron chi connectivity index (χ4n) is 5.75. The lowest BCUT2D eigenvalue weighted by Gasteiger charge is -2.28. The molecule has 0 radical (unpaired) electrons. The lowest BCUT2D eigenvalue weighted by Crippen LogP contribution is -2.61. The first-order valence-electron chi connectivity index (χ1n) is 22.2. The predicted octanol–water partition coefficient (Wildman–Crippen LogP) is -7.94. The number of carbonyl (C=O) groups is 11. The van der Waals surface area contributed by atoms with Gasteiger partial charge in [0, 0.05) is 24.6 Å². The van der Waals surface area contributed by atoms with Crippen molar-refractivity contribution in [1.29, 1.82) is 0 Å². The maximum Gasteiger partial charge on any atom is 0.490 e. The second-order valence-corrected chi connectivity index (χ2v) is 18.3. The third-order valence-corrected chi connectivity index (χ3v) is 11.9. The van der Waals surface area contributed by atoms with Gasteiger partial charge in [0.15, 0.2) is 11.9 Å². The molecule has 0 aromatic carbocycles. The number of carboxylic acid groups (broad SMARTS) is 2. The minimum Gasteiger partial charge on any atom is -0.480 e. The molecule has 1 fully saturated rings. The molecule has 1 rings (SSSR count). The number of unbranched alkanes of at least 4 members (excludes halogenated alkanes) is 1. The minimum atomic E-state index is -5.08. The Morgan fingerprint density at radius 1 is 0.635 bits per heavy atom. The summed E-state index contributed by atoms with van der Waals surface area (Å²) in [6.45, 7) is -0.148. The smallest absolute Gasteiger partial charge is 0.480 e. The molecule has 0 aromatic rings. The molecule has 0 aromatic heterocycles. The van der Waals surface area contributed by atoms with E-state index in [4.69, 9.17) is 50.0 Å². The summed E-state index contributed by atoms with van der Waals surface area (Å²) in [7, 11) is 1.90. The number of aliphatic imine (C=N–C) groups is 2. The standard InChI is InChI=1S/C36H65N17O12S2.C2HF3O2/c1-17(54)27-33(63)52-19(7-4-10-44-35(40)41)29(59)47-14-26(57)49-23(34(64)65)16-67-66-15-18(38)28(58)46-13-25(56)48-22(12-24(39)55)32(62)51-20(6-2-3-9-37)30(60)50-21(31(61)53-27)8-5-11-45-36(42)43;3-2(4,5)1(6)7/h17-23,27,54H,2-16,37-38H2,1H3,(H2,39,55)(H,46,58)(H,47,59)(H,48,56)(H,49,57)(H,50,60)(H,51,62)(H,52,63)(H,53,61)(H,64,65)(H4,40,41,44)(H4,42,43,45);(H,6,7)/t17-,18+,19+,20+,21?,22?,23+,27+;/m1./s1. The zero-order valence-electron chi connectivity index (χ0n) is 39.9. The Labute approximate surface area is 428 Å². The van der Waals surface area contributed by atoms with Gasteiger partial charge in [-0.1, -0.05) is 21.6 Å². The van der Waals surface area contributed by atoms with E-state index in [1.54, 1.807) is 0 Å². The van der Waals surface area contributed by atoms with Crippen molar-refractivity contribution in [1.82, 2.24) is 42.5 Å². The summed E-state index contributed by atoms with van der Waals surface area (Å²) in [5.74, 6) is -13.8. The van der Waals surface area contributed by atoms with Crippen LogP contribution in [0, 0.1) is 0 Å². The highest BCUT2D eigenvalue weighted by molar-refractivity contribution is 8.76. The van der Waals surface area contributed by atoms with Crippen LogP contribution in [0.2, 0.25) is 0 Å². The Bertz CT molecular complexity index is 2000. The number of rotatable bonds is 16. The Kier molecular flexibility index (Phi) is 32.0. The van der Waals surface area contributed by atoms with E-state index in [2.05, 4.69) is 52.5 Å². The van der Waals surface area contributed by atoms with Crippen LogP contribution in [-0.2, 0) is 52.7 Å². The van der Waals surface area contributed by atoms with Crippen molar-refractivity contribution < 1.29 is 81.2 Å². The van der Waals surface area contributed by atoms with E-state index >= 15 is 0 Å². The topological polar surface area (TPSA) is 552 Å². The molecule has 36 heteroatoms. The summed E-state index contributed by atoms with van der Waals surface area (Å²) >= 11 is 0. The van der Waals surface area contributed by atoms with Gasteiger partial charge in [0.1, 0.15) is 36.3 Å². The lowest BCUT2D eigenvalue weighted by atomic mass is 10.0. The predicted molar refractivity (Wildman–Crippen MR) is 260 cm³/mol. The van der Waals surface area contributed by atoms with Crippen LogP contribution in [-0.4, -0.2) is 191 Å². The van der Waals surface area contributed by atoms with Crippen molar-refractivity contribution in [3.63, 3.8) is 0 Å². The highest BCUT2D eigenvalue weighted by Crippen LogP contribution is 2.23. The SMILES string of the molecule is C[C@@H](O)[C@@H]1NC(=O)C(CCCN=C(N)N)NC(=O)[C@H](CCCCN)NC(=O)C(CC(N)=O)NC(=O)CNC(=O)[C@@H](N)CSSC[C@@H](C(=O)O)NC(=O)CNC(=O)[C@H](CCCN=C(N)N)NC1=O.O=C(O)C(F)(F)F. The first-order chi connectivity index (χ1) is 34.5. The average Bonchev–Trinajstić information content (AvgIpc) is 3.30. The summed E-state index contributed by atoms with van der Waals surface area (Å²) in [5, 5.41) is 46.4. The first kappa shape index (κ1) is 67.1. The Hall–Kier alpha value is -6.92. The van der Waals surface area contributed by atoms with Crippen LogP contribution in [0.15, 0.2) is 9.98 Å². The molecular formula is C38H66F3N17O14S2.